The lowest BCUT2D eigenvalue weighted by atomic mass is 9.84. The van der Waals surface area contributed by atoms with Gasteiger partial charge in [0.1, 0.15) is 6.04 Å². The Balaban J connectivity index is 1.90. The molecule has 0 spiro atoms. The Labute approximate surface area is 124 Å². The van der Waals surface area contributed by atoms with Crippen LogP contribution in [0.4, 0.5) is 4.79 Å². The fourth-order valence-electron chi connectivity index (χ4n) is 3.46. The number of hydrogen-bond acceptors (Lipinski definition) is 4. The minimum atomic E-state index is -1.11. The number of fused-ring (bicyclic) bond motifs is 1. The van der Waals surface area contributed by atoms with E-state index in [0.717, 1.165) is 25.8 Å². The number of carbonyl (C=O) groups excluding carboxylic acids is 1. The molecular weight excluding hydrogens is 274 g/mol. The van der Waals surface area contributed by atoms with E-state index in [-0.39, 0.29) is 19.1 Å². The molecule has 7 nitrogen and oxygen atoms in total. The molecule has 0 aromatic heterocycles. The zero-order valence-corrected chi connectivity index (χ0v) is 12.5. The molecule has 0 aliphatic carbocycles. The maximum atomic E-state index is 12.2. The maximum absolute atomic E-state index is 12.2. The fraction of sp³-hybridized carbons (Fsp3) is 0.857. The van der Waals surface area contributed by atoms with Crippen LogP contribution in [0.5, 0.6) is 0 Å². The van der Waals surface area contributed by atoms with Crippen LogP contribution in [0, 0.1) is 5.92 Å². The smallest absolute Gasteiger partial charge is 0.326 e. The molecule has 2 aliphatic heterocycles. The molecule has 2 amide bonds. The SMILES string of the molecule is CN1CCCC2CN(C(=O)N[C@H](CCO)C(=O)O)CCC21. The molecule has 0 radical (unpaired) electrons. The summed E-state index contributed by atoms with van der Waals surface area (Å²) in [6, 6.07) is -0.813. The largest absolute Gasteiger partial charge is 0.480 e. The van der Waals surface area contributed by atoms with Crippen LogP contribution in [0.2, 0.25) is 0 Å². The Hall–Kier alpha value is -1.34. The van der Waals surface area contributed by atoms with Crippen LogP contribution in [0.3, 0.4) is 0 Å². The van der Waals surface area contributed by atoms with E-state index in [4.69, 9.17) is 10.2 Å². The van der Waals surface area contributed by atoms with Gasteiger partial charge in [-0.25, -0.2) is 9.59 Å². The van der Waals surface area contributed by atoms with E-state index >= 15 is 0 Å². The van der Waals surface area contributed by atoms with Crippen molar-refractivity contribution in [2.24, 2.45) is 5.92 Å². The van der Waals surface area contributed by atoms with Gasteiger partial charge in [0.25, 0.3) is 0 Å². The first-order valence-corrected chi connectivity index (χ1v) is 7.62. The van der Waals surface area contributed by atoms with Crippen molar-refractivity contribution in [2.75, 3.05) is 33.3 Å². The highest BCUT2D eigenvalue weighted by atomic mass is 16.4. The molecule has 2 fully saturated rings. The molecule has 0 bridgehead atoms. The van der Waals surface area contributed by atoms with E-state index in [1.54, 1.807) is 4.90 Å². The van der Waals surface area contributed by atoms with Crippen LogP contribution in [0.1, 0.15) is 25.7 Å². The first kappa shape index (κ1) is 16.0. The number of carboxylic acids is 1. The summed E-state index contributed by atoms with van der Waals surface area (Å²) in [5.74, 6) is -0.631. The molecule has 2 rings (SSSR count). The second-order valence-corrected chi connectivity index (χ2v) is 6.04. The number of piperidine rings is 2. The van der Waals surface area contributed by atoms with Gasteiger partial charge in [0.05, 0.1) is 0 Å². The lowest BCUT2D eigenvalue weighted by molar-refractivity contribution is -0.139. The highest BCUT2D eigenvalue weighted by Crippen LogP contribution is 2.29. The van der Waals surface area contributed by atoms with Gasteiger partial charge in [0.2, 0.25) is 0 Å². The molecule has 2 unspecified atom stereocenters. The summed E-state index contributed by atoms with van der Waals surface area (Å²) in [6.45, 7) is 2.20. The maximum Gasteiger partial charge on any atom is 0.326 e. The molecule has 2 aliphatic rings. The van der Waals surface area contributed by atoms with Crippen LogP contribution in [0.25, 0.3) is 0 Å². The van der Waals surface area contributed by atoms with Gasteiger partial charge in [-0.3, -0.25) is 0 Å². The lowest BCUT2D eigenvalue weighted by Crippen LogP contribution is -2.57. The number of aliphatic hydroxyl groups excluding tert-OH is 1. The summed E-state index contributed by atoms with van der Waals surface area (Å²) in [7, 11) is 2.13. The topological polar surface area (TPSA) is 93.1 Å². The number of nitrogens with zero attached hydrogens (tertiary/aromatic N) is 2. The molecule has 120 valence electrons. The molecule has 2 saturated heterocycles. The number of rotatable bonds is 4. The van der Waals surface area contributed by atoms with Gasteiger partial charge in [-0.1, -0.05) is 0 Å². The highest BCUT2D eigenvalue weighted by Gasteiger charge is 2.36. The number of amides is 2. The summed E-state index contributed by atoms with van der Waals surface area (Å²) >= 11 is 0. The van der Waals surface area contributed by atoms with E-state index in [1.807, 2.05) is 0 Å². The van der Waals surface area contributed by atoms with Crippen LogP contribution < -0.4 is 5.32 Å². The molecule has 3 atom stereocenters. The number of nitrogens with one attached hydrogen (secondary N) is 1. The third kappa shape index (κ3) is 3.85. The van der Waals surface area contributed by atoms with Crippen molar-refractivity contribution >= 4 is 12.0 Å². The standard InChI is InChI=1S/C14H25N3O4/c1-16-6-2-3-10-9-17(7-4-12(10)16)14(21)15-11(5-8-18)13(19)20/h10-12,18H,2-9H2,1H3,(H,15,21)(H,19,20)/t10?,11-,12?/m1/s1. The van der Waals surface area contributed by atoms with Crippen molar-refractivity contribution < 1.29 is 19.8 Å². The van der Waals surface area contributed by atoms with E-state index < -0.39 is 12.0 Å². The Bertz CT molecular complexity index is 390. The fourth-order valence-corrected chi connectivity index (χ4v) is 3.46. The average Bonchev–Trinajstić information content (AvgIpc) is 2.46. The number of hydrogen-bond donors (Lipinski definition) is 3. The quantitative estimate of drug-likeness (QED) is 0.677. The van der Waals surface area contributed by atoms with Gasteiger partial charge in [-0.15, -0.1) is 0 Å². The first-order chi connectivity index (χ1) is 10.0. The third-order valence-corrected chi connectivity index (χ3v) is 4.65. The third-order valence-electron chi connectivity index (χ3n) is 4.65. The molecule has 2 heterocycles. The van der Waals surface area contributed by atoms with Crippen molar-refractivity contribution in [3.05, 3.63) is 0 Å². The molecule has 0 aromatic rings. The van der Waals surface area contributed by atoms with E-state index in [1.165, 1.54) is 0 Å². The summed E-state index contributed by atoms with van der Waals surface area (Å²) in [5, 5.41) is 20.4. The molecule has 3 N–H and O–H groups in total. The Morgan fingerprint density at radius 3 is 2.76 bits per heavy atom. The zero-order valence-electron chi connectivity index (χ0n) is 12.5. The van der Waals surface area contributed by atoms with Crippen molar-refractivity contribution in [1.82, 2.24) is 15.1 Å². The number of aliphatic carboxylic acids is 1. The minimum absolute atomic E-state index is 0.0315. The van der Waals surface area contributed by atoms with Crippen LogP contribution in [-0.4, -0.2) is 77.4 Å². The number of urea groups is 1. The van der Waals surface area contributed by atoms with Crippen molar-refractivity contribution in [2.45, 2.75) is 37.8 Å². The molecular formula is C14H25N3O4. The molecule has 21 heavy (non-hydrogen) atoms. The Kier molecular flexibility index (Phi) is 5.41. The van der Waals surface area contributed by atoms with Crippen molar-refractivity contribution in [3.8, 4) is 0 Å². The minimum Gasteiger partial charge on any atom is -0.480 e. The summed E-state index contributed by atoms with van der Waals surface area (Å²) in [5.41, 5.74) is 0. The van der Waals surface area contributed by atoms with Gasteiger partial charge in [0, 0.05) is 32.2 Å². The van der Waals surface area contributed by atoms with Gasteiger partial charge >= 0.3 is 12.0 Å². The summed E-state index contributed by atoms with van der Waals surface area (Å²) in [4.78, 5) is 27.3. The zero-order chi connectivity index (χ0) is 15.4. The number of carboxylic acid groups (broad SMARTS) is 1. The van der Waals surface area contributed by atoms with Crippen molar-refractivity contribution in [1.29, 1.82) is 0 Å². The molecule has 0 saturated carbocycles. The van der Waals surface area contributed by atoms with E-state index in [9.17, 15) is 9.59 Å². The summed E-state index contributed by atoms with van der Waals surface area (Å²) < 4.78 is 0. The second-order valence-electron chi connectivity index (χ2n) is 6.04. The van der Waals surface area contributed by atoms with E-state index in [2.05, 4.69) is 17.3 Å². The summed E-state index contributed by atoms with van der Waals surface area (Å²) in [6.07, 6.45) is 3.24. The van der Waals surface area contributed by atoms with Crippen molar-refractivity contribution in [3.63, 3.8) is 0 Å². The lowest BCUT2D eigenvalue weighted by Gasteiger charge is -2.46. The second kappa shape index (κ2) is 7.09. The van der Waals surface area contributed by atoms with Crippen LogP contribution >= 0.6 is 0 Å². The van der Waals surface area contributed by atoms with Gasteiger partial charge in [-0.2, -0.15) is 0 Å². The average molecular weight is 299 g/mol. The first-order valence-electron chi connectivity index (χ1n) is 7.62. The van der Waals surface area contributed by atoms with Gasteiger partial charge < -0.3 is 25.3 Å². The predicted molar refractivity (Wildman–Crippen MR) is 77.0 cm³/mol. The van der Waals surface area contributed by atoms with Crippen LogP contribution in [0.15, 0.2) is 0 Å². The van der Waals surface area contributed by atoms with E-state index in [0.29, 0.717) is 25.0 Å². The Morgan fingerprint density at radius 2 is 2.10 bits per heavy atom. The molecule has 7 heteroatoms. The molecule has 0 aromatic carbocycles. The Morgan fingerprint density at radius 1 is 1.33 bits per heavy atom. The predicted octanol–water partition coefficient (Wildman–Crippen LogP) is -0.0523. The van der Waals surface area contributed by atoms with Crippen LogP contribution in [-0.2, 0) is 4.79 Å². The normalized spacial score (nSPS) is 27.8. The monoisotopic (exact) mass is 299 g/mol. The number of carbonyl (C=O) groups is 2. The van der Waals surface area contributed by atoms with Gasteiger partial charge in [0.15, 0.2) is 0 Å². The number of aliphatic hydroxyl groups is 1. The number of likely N-dealkylation sites (tertiary alicyclic amines) is 2. The van der Waals surface area contributed by atoms with Gasteiger partial charge in [-0.05, 0) is 38.8 Å². The highest BCUT2D eigenvalue weighted by molar-refractivity contribution is 5.82.